The summed E-state index contributed by atoms with van der Waals surface area (Å²) in [6, 6.07) is 5.98. The smallest absolute Gasteiger partial charge is 0.387 e. The van der Waals surface area contributed by atoms with E-state index in [0.717, 1.165) is 0 Å². The number of hydrogen-bond acceptors (Lipinski definition) is 3. The molecule has 0 fully saturated rings. The molecule has 2 rings (SSSR count). The largest absolute Gasteiger partial charge is 0.434 e. The molecule has 1 heterocycles. The minimum atomic E-state index is -2.97. The van der Waals surface area contributed by atoms with Gasteiger partial charge in [0.2, 0.25) is 0 Å². The quantitative estimate of drug-likeness (QED) is 0.824. The topological polar surface area (TPSA) is 47.4 Å². The van der Waals surface area contributed by atoms with Crippen molar-refractivity contribution in [2.24, 2.45) is 7.05 Å². The second-order valence-corrected chi connectivity index (χ2v) is 4.65. The lowest BCUT2D eigenvalue weighted by Gasteiger charge is -2.22. The van der Waals surface area contributed by atoms with Gasteiger partial charge in [0.25, 0.3) is 5.91 Å². The molecule has 0 aliphatic carbocycles. The minimum absolute atomic E-state index is 0.110. The summed E-state index contributed by atoms with van der Waals surface area (Å²) < 4.78 is 31.1. The molecule has 7 heteroatoms. The van der Waals surface area contributed by atoms with Crippen molar-refractivity contribution in [2.75, 3.05) is 6.54 Å². The Morgan fingerprint density at radius 3 is 2.73 bits per heavy atom. The van der Waals surface area contributed by atoms with E-state index in [1.807, 2.05) is 14.0 Å². The van der Waals surface area contributed by atoms with Crippen molar-refractivity contribution in [1.82, 2.24) is 14.5 Å². The zero-order valence-corrected chi connectivity index (χ0v) is 12.4. The number of benzene rings is 1. The number of hydrogen-bond donors (Lipinski definition) is 0. The van der Waals surface area contributed by atoms with Crippen LogP contribution in [0.2, 0.25) is 0 Å². The molecule has 0 bridgehead atoms. The van der Waals surface area contributed by atoms with Crippen molar-refractivity contribution < 1.29 is 18.3 Å². The van der Waals surface area contributed by atoms with Crippen LogP contribution in [0.15, 0.2) is 36.7 Å². The predicted molar refractivity (Wildman–Crippen MR) is 76.7 cm³/mol. The van der Waals surface area contributed by atoms with Crippen molar-refractivity contribution in [3.05, 3.63) is 48.0 Å². The summed E-state index contributed by atoms with van der Waals surface area (Å²) >= 11 is 0. The Morgan fingerprint density at radius 1 is 1.41 bits per heavy atom. The number of ether oxygens (including phenoxy) is 1. The highest BCUT2D eigenvalue weighted by Crippen LogP contribution is 2.22. The lowest BCUT2D eigenvalue weighted by atomic mass is 10.1. The van der Waals surface area contributed by atoms with E-state index in [0.29, 0.717) is 18.9 Å². The number of alkyl halides is 2. The van der Waals surface area contributed by atoms with Gasteiger partial charge in [0.05, 0.1) is 12.1 Å². The van der Waals surface area contributed by atoms with Crippen molar-refractivity contribution in [1.29, 1.82) is 0 Å². The Hall–Kier alpha value is -2.44. The summed E-state index contributed by atoms with van der Waals surface area (Å²) in [6.45, 7) is -0.438. The van der Waals surface area contributed by atoms with Gasteiger partial charge in [0.15, 0.2) is 0 Å². The number of amides is 1. The van der Waals surface area contributed by atoms with Gasteiger partial charge in [0, 0.05) is 26.0 Å². The number of nitrogens with zero attached hydrogens (tertiary/aromatic N) is 3. The third-order valence-electron chi connectivity index (χ3n) is 3.26. The lowest BCUT2D eigenvalue weighted by molar-refractivity contribution is -0.0502. The lowest BCUT2D eigenvalue weighted by Crippen LogP contribution is -2.31. The van der Waals surface area contributed by atoms with E-state index >= 15 is 0 Å². The van der Waals surface area contributed by atoms with Crippen molar-refractivity contribution in [3.63, 3.8) is 0 Å². The monoisotopic (exact) mass is 309 g/mol. The van der Waals surface area contributed by atoms with Gasteiger partial charge >= 0.3 is 6.61 Å². The minimum Gasteiger partial charge on any atom is -0.434 e. The van der Waals surface area contributed by atoms with Crippen LogP contribution in [0, 0.1) is 0 Å². The number of halogens is 2. The Balaban J connectivity index is 2.23. The van der Waals surface area contributed by atoms with Crippen LogP contribution in [0.1, 0.15) is 23.1 Å². The summed E-state index contributed by atoms with van der Waals surface area (Å²) in [5, 5.41) is 0. The van der Waals surface area contributed by atoms with Crippen molar-refractivity contribution in [3.8, 4) is 5.75 Å². The average Bonchev–Trinajstić information content (AvgIpc) is 2.89. The van der Waals surface area contributed by atoms with E-state index in [9.17, 15) is 13.6 Å². The zero-order valence-electron chi connectivity index (χ0n) is 12.4. The number of carbonyl (C=O) groups is 1. The number of aromatic nitrogens is 2. The highest BCUT2D eigenvalue weighted by atomic mass is 19.3. The Labute approximate surface area is 127 Å². The molecule has 0 radical (unpaired) electrons. The fourth-order valence-electron chi connectivity index (χ4n) is 2.06. The molecule has 2 aromatic rings. The zero-order chi connectivity index (χ0) is 16.1. The van der Waals surface area contributed by atoms with Crippen LogP contribution in [-0.4, -0.2) is 33.5 Å². The number of imidazole rings is 1. The summed E-state index contributed by atoms with van der Waals surface area (Å²) in [5.41, 5.74) is 0.110. The summed E-state index contributed by atoms with van der Waals surface area (Å²) in [6.07, 6.45) is 3.42. The first-order valence-electron chi connectivity index (χ1n) is 6.82. The molecule has 0 saturated carbocycles. The number of carbonyl (C=O) groups excluding carboxylic acids is 1. The van der Waals surface area contributed by atoms with Gasteiger partial charge in [-0.25, -0.2) is 4.98 Å². The van der Waals surface area contributed by atoms with Gasteiger partial charge in [-0.2, -0.15) is 8.78 Å². The standard InChI is InChI=1S/C15H17F2N3O2/c1-3-20(10-13-18-8-9-19(13)2)14(21)11-6-4-5-7-12(11)22-15(16)17/h4-9,15H,3,10H2,1-2H3. The molecule has 0 aliphatic rings. The molecule has 1 amide bonds. The molecule has 22 heavy (non-hydrogen) atoms. The first-order chi connectivity index (χ1) is 10.5. The fourth-order valence-corrected chi connectivity index (χ4v) is 2.06. The van der Waals surface area contributed by atoms with Gasteiger partial charge in [-0.3, -0.25) is 4.79 Å². The maximum absolute atomic E-state index is 12.6. The molecule has 0 spiro atoms. The third kappa shape index (κ3) is 3.60. The van der Waals surface area contributed by atoms with Crippen LogP contribution in [0.3, 0.4) is 0 Å². The first-order valence-corrected chi connectivity index (χ1v) is 6.82. The second kappa shape index (κ2) is 7.02. The fraction of sp³-hybridized carbons (Fsp3) is 0.333. The van der Waals surface area contributed by atoms with E-state index in [4.69, 9.17) is 0 Å². The van der Waals surface area contributed by atoms with E-state index in [1.165, 1.54) is 17.0 Å². The van der Waals surface area contributed by atoms with E-state index < -0.39 is 6.61 Å². The number of rotatable bonds is 6. The SMILES string of the molecule is CCN(Cc1nccn1C)C(=O)c1ccccc1OC(F)F. The summed E-state index contributed by atoms with van der Waals surface area (Å²) in [4.78, 5) is 18.3. The normalized spacial score (nSPS) is 10.8. The van der Waals surface area contributed by atoms with Gasteiger partial charge in [-0.05, 0) is 19.1 Å². The first kappa shape index (κ1) is 15.9. The van der Waals surface area contributed by atoms with Crippen molar-refractivity contribution >= 4 is 5.91 Å². The number of para-hydroxylation sites is 1. The Bertz CT molecular complexity index is 643. The summed E-state index contributed by atoms with van der Waals surface area (Å²) in [5.74, 6) is 0.213. The molecular formula is C15H17F2N3O2. The van der Waals surface area contributed by atoms with E-state index in [-0.39, 0.29) is 17.2 Å². The van der Waals surface area contributed by atoms with Crippen LogP contribution in [-0.2, 0) is 13.6 Å². The highest BCUT2D eigenvalue weighted by Gasteiger charge is 2.21. The van der Waals surface area contributed by atoms with Crippen LogP contribution in [0.5, 0.6) is 5.75 Å². The molecule has 0 aliphatic heterocycles. The van der Waals surface area contributed by atoms with Crippen molar-refractivity contribution in [2.45, 2.75) is 20.1 Å². The molecular weight excluding hydrogens is 292 g/mol. The molecule has 5 nitrogen and oxygen atoms in total. The maximum Gasteiger partial charge on any atom is 0.387 e. The van der Waals surface area contributed by atoms with Gasteiger partial charge in [0.1, 0.15) is 11.6 Å². The molecule has 1 aromatic heterocycles. The molecule has 1 aromatic carbocycles. The number of aryl methyl sites for hydroxylation is 1. The second-order valence-electron chi connectivity index (χ2n) is 4.65. The average molecular weight is 309 g/mol. The molecule has 118 valence electrons. The van der Waals surface area contributed by atoms with Crippen LogP contribution in [0.4, 0.5) is 8.78 Å². The van der Waals surface area contributed by atoms with E-state index in [1.54, 1.807) is 29.1 Å². The molecule has 0 atom stereocenters. The van der Waals surface area contributed by atoms with E-state index in [2.05, 4.69) is 9.72 Å². The van der Waals surface area contributed by atoms with Crippen LogP contribution < -0.4 is 4.74 Å². The van der Waals surface area contributed by atoms with Gasteiger partial charge in [-0.1, -0.05) is 12.1 Å². The third-order valence-corrected chi connectivity index (χ3v) is 3.26. The highest BCUT2D eigenvalue weighted by molar-refractivity contribution is 5.96. The Kier molecular flexibility index (Phi) is 5.08. The Morgan fingerprint density at radius 2 is 2.14 bits per heavy atom. The molecule has 0 unspecified atom stereocenters. The van der Waals surface area contributed by atoms with Crippen LogP contribution >= 0.6 is 0 Å². The maximum atomic E-state index is 12.6. The summed E-state index contributed by atoms with van der Waals surface area (Å²) in [7, 11) is 1.83. The molecule has 0 N–H and O–H groups in total. The predicted octanol–water partition coefficient (Wildman–Crippen LogP) is 2.68. The van der Waals surface area contributed by atoms with Crippen LogP contribution in [0.25, 0.3) is 0 Å². The van der Waals surface area contributed by atoms with Gasteiger partial charge in [-0.15, -0.1) is 0 Å². The molecule has 0 saturated heterocycles. The van der Waals surface area contributed by atoms with Gasteiger partial charge < -0.3 is 14.2 Å².